The van der Waals surface area contributed by atoms with Crippen LogP contribution in [-0.2, 0) is 28.5 Å². The number of rotatable bonds is 6. The molecule has 2 aromatic carbocycles. The van der Waals surface area contributed by atoms with Gasteiger partial charge in [-0.25, -0.2) is 4.79 Å². The van der Waals surface area contributed by atoms with E-state index in [1.54, 1.807) is 20.8 Å². The van der Waals surface area contributed by atoms with Crippen LogP contribution in [0, 0.1) is 0 Å². The lowest BCUT2D eigenvalue weighted by atomic mass is 10.0. The number of benzene rings is 2. The highest BCUT2D eigenvalue weighted by Crippen LogP contribution is 2.39. The van der Waals surface area contributed by atoms with Crippen molar-refractivity contribution in [2.45, 2.75) is 82.5 Å². The second-order valence-electron chi connectivity index (χ2n) is 11.9. The first-order valence-electron chi connectivity index (χ1n) is 13.4. The van der Waals surface area contributed by atoms with E-state index in [4.69, 9.17) is 0 Å². The quantitative estimate of drug-likeness (QED) is 0.383. The third-order valence-electron chi connectivity index (χ3n) is 6.99. The number of carbonyl (C=O) groups is 4. The summed E-state index contributed by atoms with van der Waals surface area (Å²) in [5.74, 6) is -2.11. The van der Waals surface area contributed by atoms with Crippen molar-refractivity contribution in [3.63, 3.8) is 0 Å². The normalized spacial score (nSPS) is 18.4. The highest BCUT2D eigenvalue weighted by Gasteiger charge is 2.47. The van der Waals surface area contributed by atoms with Gasteiger partial charge in [0.1, 0.15) is 6.04 Å². The van der Waals surface area contributed by atoms with E-state index in [2.05, 4.69) is 16.0 Å². The Morgan fingerprint density at radius 2 is 1.51 bits per heavy atom. The fraction of sp³-hybridized carbons (Fsp3) is 0.448. The zero-order chi connectivity index (χ0) is 32.0. The van der Waals surface area contributed by atoms with Crippen molar-refractivity contribution < 1.29 is 45.5 Å². The number of nitrogens with zero attached hydrogens (tertiary/aromatic N) is 1. The van der Waals surface area contributed by atoms with Gasteiger partial charge in [-0.15, -0.1) is 0 Å². The summed E-state index contributed by atoms with van der Waals surface area (Å²) in [7, 11) is 0. The SMILES string of the molecule is CC(C)(C)NC(=O)NC1(CC(=O)N[C@@H]2CC(=O)c3ccccc3N(Cc3cc(C(F)(F)F)cc(C(F)(F)F)c3)C2=O)CC1. The smallest absolute Gasteiger partial charge is 0.344 e. The molecule has 4 amide bonds. The van der Waals surface area contributed by atoms with E-state index in [9.17, 15) is 45.5 Å². The number of hydrogen-bond donors (Lipinski definition) is 3. The Hall–Kier alpha value is -4.10. The maximum absolute atomic E-state index is 13.7. The van der Waals surface area contributed by atoms with Crippen LogP contribution in [0.15, 0.2) is 42.5 Å². The van der Waals surface area contributed by atoms with Gasteiger partial charge in [-0.2, -0.15) is 26.3 Å². The van der Waals surface area contributed by atoms with Crippen LogP contribution in [0.5, 0.6) is 0 Å². The average molecular weight is 613 g/mol. The lowest BCUT2D eigenvalue weighted by Crippen LogP contribution is -2.53. The maximum Gasteiger partial charge on any atom is 0.416 e. The lowest BCUT2D eigenvalue weighted by Gasteiger charge is -2.27. The van der Waals surface area contributed by atoms with E-state index < -0.39 is 82.8 Å². The number of amides is 4. The van der Waals surface area contributed by atoms with Crippen LogP contribution < -0.4 is 20.9 Å². The molecule has 232 valence electrons. The number of fused-ring (bicyclic) bond motifs is 1. The van der Waals surface area contributed by atoms with Crippen LogP contribution in [-0.4, -0.2) is 40.7 Å². The topological polar surface area (TPSA) is 108 Å². The highest BCUT2D eigenvalue weighted by atomic mass is 19.4. The predicted molar refractivity (Wildman–Crippen MR) is 143 cm³/mol. The summed E-state index contributed by atoms with van der Waals surface area (Å²) < 4.78 is 80.9. The molecule has 1 heterocycles. The molecule has 4 rings (SSSR count). The molecule has 43 heavy (non-hydrogen) atoms. The first-order valence-corrected chi connectivity index (χ1v) is 13.4. The molecule has 1 fully saturated rings. The molecule has 1 aliphatic heterocycles. The summed E-state index contributed by atoms with van der Waals surface area (Å²) in [4.78, 5) is 53.1. The van der Waals surface area contributed by atoms with Gasteiger partial charge in [0.25, 0.3) is 0 Å². The predicted octanol–water partition coefficient (Wildman–Crippen LogP) is 5.35. The molecule has 0 bridgehead atoms. The van der Waals surface area contributed by atoms with Crippen LogP contribution in [0.1, 0.15) is 73.5 Å². The number of alkyl halides is 6. The van der Waals surface area contributed by atoms with Gasteiger partial charge < -0.3 is 20.9 Å². The number of para-hydroxylation sites is 1. The summed E-state index contributed by atoms with van der Waals surface area (Å²) in [6.07, 6.45) is -9.91. The van der Waals surface area contributed by atoms with Crippen LogP contribution in [0.25, 0.3) is 0 Å². The zero-order valence-electron chi connectivity index (χ0n) is 23.5. The van der Waals surface area contributed by atoms with Crippen LogP contribution in [0.2, 0.25) is 0 Å². The number of Topliss-reactive ketones (excluding diaryl/α,β-unsaturated/α-hetero) is 1. The Morgan fingerprint density at radius 3 is 2.05 bits per heavy atom. The number of carbonyl (C=O) groups excluding carboxylic acids is 4. The molecule has 14 heteroatoms. The third kappa shape index (κ3) is 7.85. The van der Waals surface area contributed by atoms with Gasteiger partial charge >= 0.3 is 18.4 Å². The molecule has 2 aliphatic rings. The van der Waals surface area contributed by atoms with E-state index >= 15 is 0 Å². The van der Waals surface area contributed by atoms with Crippen LogP contribution in [0.3, 0.4) is 0 Å². The van der Waals surface area contributed by atoms with Gasteiger partial charge in [0, 0.05) is 23.9 Å². The second-order valence-corrected chi connectivity index (χ2v) is 11.9. The summed E-state index contributed by atoms with van der Waals surface area (Å²) >= 11 is 0. The molecule has 0 unspecified atom stereocenters. The Morgan fingerprint density at radius 1 is 0.930 bits per heavy atom. The molecular formula is C29H30F6N4O4. The van der Waals surface area contributed by atoms with Gasteiger partial charge in [0.15, 0.2) is 5.78 Å². The van der Waals surface area contributed by atoms with Crippen molar-refractivity contribution in [3.8, 4) is 0 Å². The minimum Gasteiger partial charge on any atom is -0.344 e. The van der Waals surface area contributed by atoms with Crippen LogP contribution in [0.4, 0.5) is 36.8 Å². The summed E-state index contributed by atoms with van der Waals surface area (Å²) in [5.41, 5.74) is -4.96. The number of nitrogens with one attached hydrogen (secondary N) is 3. The monoisotopic (exact) mass is 612 g/mol. The summed E-state index contributed by atoms with van der Waals surface area (Å²) in [6, 6.07) is 4.75. The van der Waals surface area contributed by atoms with Gasteiger partial charge in [-0.3, -0.25) is 14.4 Å². The lowest BCUT2D eigenvalue weighted by molar-refractivity contribution is -0.143. The molecule has 0 aromatic heterocycles. The molecule has 0 saturated heterocycles. The minimum atomic E-state index is -5.10. The van der Waals surface area contributed by atoms with Crippen molar-refractivity contribution in [1.29, 1.82) is 0 Å². The van der Waals surface area contributed by atoms with Crippen molar-refractivity contribution in [2.75, 3.05) is 4.90 Å². The number of ketones is 1. The number of halogens is 6. The van der Waals surface area contributed by atoms with Gasteiger partial charge in [0.2, 0.25) is 11.8 Å². The number of urea groups is 1. The summed E-state index contributed by atoms with van der Waals surface area (Å²) in [5, 5.41) is 7.98. The molecule has 3 N–H and O–H groups in total. The molecule has 1 aliphatic carbocycles. The average Bonchev–Trinajstić information content (AvgIpc) is 3.62. The molecule has 1 saturated carbocycles. The Balaban J connectivity index is 1.60. The largest absolute Gasteiger partial charge is 0.416 e. The Bertz CT molecular complexity index is 1410. The minimum absolute atomic E-state index is 0.0144. The highest BCUT2D eigenvalue weighted by molar-refractivity contribution is 6.12. The van der Waals surface area contributed by atoms with Crippen molar-refractivity contribution in [3.05, 3.63) is 64.7 Å². The van der Waals surface area contributed by atoms with Gasteiger partial charge in [0.05, 0.1) is 28.9 Å². The standard InChI is InChI=1S/C29H30F6N4O4/c1-26(2,3)37-25(43)38-27(8-9-27)14-23(41)36-20-13-22(40)19-6-4-5-7-21(19)39(24(20)42)15-16-10-17(28(30,31)32)12-18(11-16)29(33,34)35/h4-7,10-12,20H,8-9,13-15H2,1-3H3,(H,36,41)(H2,37,38,43)/t20-/m1/s1. The van der Waals surface area contributed by atoms with E-state index in [0.717, 1.165) is 4.90 Å². The molecule has 1 atom stereocenters. The van der Waals surface area contributed by atoms with Crippen molar-refractivity contribution in [1.82, 2.24) is 16.0 Å². The van der Waals surface area contributed by atoms with E-state index in [0.29, 0.717) is 25.0 Å². The maximum atomic E-state index is 13.7. The van der Waals surface area contributed by atoms with Crippen molar-refractivity contribution in [2.24, 2.45) is 0 Å². The second kappa shape index (κ2) is 11.2. The summed E-state index contributed by atoms with van der Waals surface area (Å²) in [6.45, 7) is 4.60. The van der Waals surface area contributed by atoms with Gasteiger partial charge in [-0.1, -0.05) is 12.1 Å². The van der Waals surface area contributed by atoms with E-state index in [1.807, 2.05) is 0 Å². The van der Waals surface area contributed by atoms with Crippen LogP contribution >= 0.6 is 0 Å². The molecule has 0 radical (unpaired) electrons. The van der Waals surface area contributed by atoms with E-state index in [1.165, 1.54) is 24.3 Å². The fourth-order valence-corrected chi connectivity index (χ4v) is 4.87. The van der Waals surface area contributed by atoms with Crippen molar-refractivity contribution >= 4 is 29.3 Å². The first-order chi connectivity index (χ1) is 19.8. The molecule has 2 aromatic rings. The van der Waals surface area contributed by atoms with Gasteiger partial charge in [-0.05, 0) is 69.5 Å². The number of hydrogen-bond acceptors (Lipinski definition) is 4. The molecular weight excluding hydrogens is 582 g/mol. The fourth-order valence-electron chi connectivity index (χ4n) is 4.87. The zero-order valence-corrected chi connectivity index (χ0v) is 23.5. The Kier molecular flexibility index (Phi) is 8.28. The third-order valence-corrected chi connectivity index (χ3v) is 6.99. The molecule has 8 nitrogen and oxygen atoms in total. The number of anilines is 1. The first kappa shape index (κ1) is 31.8. The molecule has 0 spiro atoms. The van der Waals surface area contributed by atoms with E-state index in [-0.39, 0.29) is 23.7 Å². The Labute approximate surface area is 243 Å².